The van der Waals surface area contributed by atoms with E-state index >= 15 is 0 Å². The van der Waals surface area contributed by atoms with E-state index in [-0.39, 0.29) is 12.2 Å². The van der Waals surface area contributed by atoms with Crippen LogP contribution in [0.25, 0.3) is 6.08 Å². The van der Waals surface area contributed by atoms with Crippen molar-refractivity contribution in [3.8, 4) is 0 Å². The maximum Gasteiger partial charge on any atom is 0.338 e. The van der Waals surface area contributed by atoms with E-state index in [1.807, 2.05) is 36.4 Å². The number of carbonyl (C=O) groups is 1. The molecule has 0 fully saturated rings. The van der Waals surface area contributed by atoms with Gasteiger partial charge in [0.15, 0.2) is 4.80 Å². The van der Waals surface area contributed by atoms with Gasteiger partial charge in [-0.1, -0.05) is 73.2 Å². The van der Waals surface area contributed by atoms with Crippen molar-refractivity contribution in [3.05, 3.63) is 101 Å². The molecule has 0 saturated heterocycles. The lowest BCUT2D eigenvalue weighted by atomic mass is 9.93. The SMILES string of the molecule is CCOC(=O)C1=C(C)N=c2s/c(=C\c3cccc(Cl)c3)c(=O)n2[C@H]1c1ccc(C(C)C)cc1. The zero-order valence-electron chi connectivity index (χ0n) is 19.0. The Morgan fingerprint density at radius 2 is 1.97 bits per heavy atom. The summed E-state index contributed by atoms with van der Waals surface area (Å²) in [6.07, 6.45) is 1.80. The Hall–Kier alpha value is -2.96. The molecule has 2 heterocycles. The molecule has 33 heavy (non-hydrogen) atoms. The molecule has 2 aromatic carbocycles. The van der Waals surface area contributed by atoms with E-state index in [1.165, 1.54) is 16.9 Å². The van der Waals surface area contributed by atoms with Crippen LogP contribution in [0.4, 0.5) is 0 Å². The van der Waals surface area contributed by atoms with Crippen LogP contribution in [0.3, 0.4) is 0 Å². The first-order valence-corrected chi connectivity index (χ1v) is 12.0. The number of esters is 1. The second-order valence-electron chi connectivity index (χ2n) is 8.18. The molecular weight excluding hydrogens is 456 g/mol. The molecular formula is C26H25ClN2O3S. The van der Waals surface area contributed by atoms with Crippen molar-refractivity contribution in [1.82, 2.24) is 4.57 Å². The summed E-state index contributed by atoms with van der Waals surface area (Å²) < 4.78 is 7.47. The number of ether oxygens (including phenoxy) is 1. The molecule has 1 aromatic heterocycles. The molecule has 5 nitrogen and oxygen atoms in total. The van der Waals surface area contributed by atoms with E-state index in [0.717, 1.165) is 11.1 Å². The fourth-order valence-electron chi connectivity index (χ4n) is 3.92. The van der Waals surface area contributed by atoms with Gasteiger partial charge >= 0.3 is 5.97 Å². The molecule has 0 spiro atoms. The third kappa shape index (κ3) is 4.59. The van der Waals surface area contributed by atoms with Gasteiger partial charge in [0.1, 0.15) is 0 Å². The smallest absolute Gasteiger partial charge is 0.338 e. The molecule has 4 rings (SSSR count). The summed E-state index contributed by atoms with van der Waals surface area (Å²) in [5.74, 6) is -0.0821. The van der Waals surface area contributed by atoms with Crippen LogP contribution in [0.2, 0.25) is 5.02 Å². The second kappa shape index (κ2) is 9.49. The summed E-state index contributed by atoms with van der Waals surface area (Å²) >= 11 is 7.42. The van der Waals surface area contributed by atoms with E-state index in [1.54, 1.807) is 36.6 Å². The highest BCUT2D eigenvalue weighted by Gasteiger charge is 2.33. The maximum absolute atomic E-state index is 13.6. The lowest BCUT2D eigenvalue weighted by Crippen LogP contribution is -2.39. The Bertz CT molecular complexity index is 1410. The van der Waals surface area contributed by atoms with Crippen LogP contribution in [0.1, 0.15) is 56.3 Å². The van der Waals surface area contributed by atoms with Gasteiger partial charge < -0.3 is 4.74 Å². The number of carbonyl (C=O) groups excluding carboxylic acids is 1. The predicted molar refractivity (Wildman–Crippen MR) is 132 cm³/mol. The van der Waals surface area contributed by atoms with Crippen LogP contribution >= 0.6 is 22.9 Å². The Labute approximate surface area is 201 Å². The highest BCUT2D eigenvalue weighted by atomic mass is 35.5. The minimum atomic E-state index is -0.608. The van der Waals surface area contributed by atoms with Crippen molar-refractivity contribution < 1.29 is 9.53 Å². The molecule has 1 aliphatic rings. The van der Waals surface area contributed by atoms with Crippen LogP contribution in [-0.4, -0.2) is 17.1 Å². The number of nitrogens with zero attached hydrogens (tertiary/aromatic N) is 2. The van der Waals surface area contributed by atoms with E-state index < -0.39 is 12.0 Å². The minimum absolute atomic E-state index is 0.203. The second-order valence-corrected chi connectivity index (χ2v) is 9.62. The molecule has 0 radical (unpaired) electrons. The Balaban J connectivity index is 1.94. The van der Waals surface area contributed by atoms with Crippen molar-refractivity contribution in [3.63, 3.8) is 0 Å². The van der Waals surface area contributed by atoms with Gasteiger partial charge in [-0.15, -0.1) is 0 Å². The van der Waals surface area contributed by atoms with Gasteiger partial charge in [-0.3, -0.25) is 9.36 Å². The summed E-state index contributed by atoms with van der Waals surface area (Å²) in [6.45, 7) is 8.05. The monoisotopic (exact) mass is 480 g/mol. The molecule has 0 amide bonds. The third-order valence-electron chi connectivity index (χ3n) is 5.58. The Kier molecular flexibility index (Phi) is 6.68. The van der Waals surface area contributed by atoms with Crippen molar-refractivity contribution >= 4 is 35.0 Å². The predicted octanol–water partition coefficient (Wildman–Crippen LogP) is 4.58. The standard InChI is InChI=1S/C26H25ClN2O3S/c1-5-32-25(31)22-16(4)28-26-29(23(22)19-11-9-18(10-12-19)15(2)3)24(30)21(33-26)14-17-7-6-8-20(27)13-17/h6-15,23H,5H2,1-4H3/b21-14-/t23-/m0/s1. The number of benzene rings is 2. The molecule has 170 valence electrons. The fourth-order valence-corrected chi connectivity index (χ4v) is 5.16. The topological polar surface area (TPSA) is 60.7 Å². The van der Waals surface area contributed by atoms with Gasteiger partial charge in [0, 0.05) is 5.02 Å². The van der Waals surface area contributed by atoms with Gasteiger partial charge in [0.2, 0.25) is 0 Å². The van der Waals surface area contributed by atoms with Crippen molar-refractivity contribution in [2.24, 2.45) is 4.99 Å². The van der Waals surface area contributed by atoms with Gasteiger partial charge in [-0.05, 0) is 54.7 Å². The molecule has 1 aliphatic heterocycles. The lowest BCUT2D eigenvalue weighted by molar-refractivity contribution is -0.139. The van der Waals surface area contributed by atoms with Crippen molar-refractivity contribution in [1.29, 1.82) is 0 Å². The summed E-state index contributed by atoms with van der Waals surface area (Å²) in [5, 5.41) is 0.597. The van der Waals surface area contributed by atoms with E-state index in [9.17, 15) is 9.59 Å². The average molecular weight is 481 g/mol. The maximum atomic E-state index is 13.6. The zero-order chi connectivity index (χ0) is 23.7. The lowest BCUT2D eigenvalue weighted by Gasteiger charge is -2.25. The quantitative estimate of drug-likeness (QED) is 0.502. The zero-order valence-corrected chi connectivity index (χ0v) is 20.5. The van der Waals surface area contributed by atoms with Crippen LogP contribution in [0, 0.1) is 0 Å². The molecule has 0 aliphatic carbocycles. The summed E-state index contributed by atoms with van der Waals surface area (Å²) in [6, 6.07) is 14.8. The number of fused-ring (bicyclic) bond motifs is 1. The van der Waals surface area contributed by atoms with E-state index in [0.29, 0.717) is 31.5 Å². The minimum Gasteiger partial charge on any atom is -0.463 e. The van der Waals surface area contributed by atoms with Gasteiger partial charge in [-0.2, -0.15) is 0 Å². The number of rotatable bonds is 5. The first kappa shape index (κ1) is 23.2. The number of thiazole rings is 1. The highest BCUT2D eigenvalue weighted by Crippen LogP contribution is 2.31. The van der Waals surface area contributed by atoms with Gasteiger partial charge in [0.05, 0.1) is 28.5 Å². The van der Waals surface area contributed by atoms with Crippen LogP contribution in [0.15, 0.2) is 69.6 Å². The number of aromatic nitrogens is 1. The van der Waals surface area contributed by atoms with Gasteiger partial charge in [0.25, 0.3) is 5.56 Å². The summed E-state index contributed by atoms with van der Waals surface area (Å²) in [5.41, 5.74) is 3.59. The normalized spacial score (nSPS) is 16.1. The molecule has 7 heteroatoms. The number of hydrogen-bond acceptors (Lipinski definition) is 5. The van der Waals surface area contributed by atoms with Crippen molar-refractivity contribution in [2.75, 3.05) is 6.61 Å². The number of halogens is 1. The Morgan fingerprint density at radius 1 is 1.24 bits per heavy atom. The van der Waals surface area contributed by atoms with Gasteiger partial charge in [-0.25, -0.2) is 9.79 Å². The number of allylic oxidation sites excluding steroid dienone is 1. The Morgan fingerprint density at radius 3 is 2.61 bits per heavy atom. The highest BCUT2D eigenvalue weighted by molar-refractivity contribution is 7.07. The van der Waals surface area contributed by atoms with E-state index in [4.69, 9.17) is 16.3 Å². The molecule has 0 saturated carbocycles. The van der Waals surface area contributed by atoms with Crippen molar-refractivity contribution in [2.45, 2.75) is 39.7 Å². The van der Waals surface area contributed by atoms with Crippen LogP contribution in [-0.2, 0) is 9.53 Å². The largest absolute Gasteiger partial charge is 0.463 e. The first-order valence-electron chi connectivity index (χ1n) is 10.8. The third-order valence-corrected chi connectivity index (χ3v) is 6.80. The molecule has 3 aromatic rings. The number of hydrogen-bond donors (Lipinski definition) is 0. The first-order chi connectivity index (χ1) is 15.8. The molecule has 1 atom stereocenters. The summed E-state index contributed by atoms with van der Waals surface area (Å²) in [4.78, 5) is 31.7. The van der Waals surface area contributed by atoms with Crippen LogP contribution in [0.5, 0.6) is 0 Å². The summed E-state index contributed by atoms with van der Waals surface area (Å²) in [7, 11) is 0. The molecule has 0 bridgehead atoms. The van der Waals surface area contributed by atoms with Crippen LogP contribution < -0.4 is 14.9 Å². The fraction of sp³-hybridized carbons (Fsp3) is 0.269. The molecule has 0 N–H and O–H groups in total. The molecule has 0 unspecified atom stereocenters. The average Bonchev–Trinajstić information content (AvgIpc) is 3.07. The van der Waals surface area contributed by atoms with E-state index in [2.05, 4.69) is 18.8 Å².